The number of hydrazone groups is 1. The molecular weight excluding hydrogens is 316 g/mol. The average Bonchev–Trinajstić information content (AvgIpc) is 2.64. The molecule has 25 heavy (non-hydrogen) atoms. The van der Waals surface area contributed by atoms with E-state index in [1.807, 2.05) is 54.6 Å². The van der Waals surface area contributed by atoms with Crippen molar-refractivity contribution in [3.8, 4) is 0 Å². The highest BCUT2D eigenvalue weighted by Gasteiger charge is 2.10. The van der Waals surface area contributed by atoms with E-state index < -0.39 is 4.92 Å². The summed E-state index contributed by atoms with van der Waals surface area (Å²) in [5, 5.41) is 18.3. The largest absolute Gasteiger partial charge is 0.356 e. The first-order valence-electron chi connectivity index (χ1n) is 7.67. The van der Waals surface area contributed by atoms with Crippen molar-refractivity contribution in [2.75, 3.05) is 10.7 Å². The maximum atomic E-state index is 10.9. The van der Waals surface area contributed by atoms with Gasteiger partial charge in [-0.25, -0.2) is 0 Å². The molecule has 0 saturated heterocycles. The maximum Gasteiger partial charge on any atom is 0.294 e. The second-order valence-corrected chi connectivity index (χ2v) is 5.26. The summed E-state index contributed by atoms with van der Waals surface area (Å²) in [7, 11) is 0. The van der Waals surface area contributed by atoms with Crippen molar-refractivity contribution in [1.82, 2.24) is 0 Å². The Balaban J connectivity index is 1.64. The Bertz CT molecular complexity index is 877. The summed E-state index contributed by atoms with van der Waals surface area (Å²) in [4.78, 5) is 10.5. The van der Waals surface area contributed by atoms with Gasteiger partial charge >= 0.3 is 0 Å². The van der Waals surface area contributed by atoms with E-state index in [1.165, 1.54) is 6.07 Å². The molecule has 124 valence electrons. The van der Waals surface area contributed by atoms with Gasteiger partial charge in [0.1, 0.15) is 5.69 Å². The number of rotatable bonds is 6. The van der Waals surface area contributed by atoms with E-state index in [-0.39, 0.29) is 5.69 Å². The van der Waals surface area contributed by atoms with Crippen molar-refractivity contribution < 1.29 is 4.92 Å². The van der Waals surface area contributed by atoms with E-state index >= 15 is 0 Å². The lowest BCUT2D eigenvalue weighted by Crippen LogP contribution is -1.96. The van der Waals surface area contributed by atoms with Crippen LogP contribution in [0.3, 0.4) is 0 Å². The molecule has 0 spiro atoms. The molecule has 6 heteroatoms. The van der Waals surface area contributed by atoms with Gasteiger partial charge in [-0.15, -0.1) is 0 Å². The van der Waals surface area contributed by atoms with Gasteiger partial charge in [0.25, 0.3) is 5.69 Å². The molecule has 3 aromatic rings. The van der Waals surface area contributed by atoms with Crippen LogP contribution in [-0.4, -0.2) is 11.1 Å². The lowest BCUT2D eigenvalue weighted by molar-refractivity contribution is -0.384. The van der Waals surface area contributed by atoms with Crippen molar-refractivity contribution in [2.24, 2.45) is 5.10 Å². The number of hydrogen-bond donors (Lipinski definition) is 2. The third kappa shape index (κ3) is 4.42. The Morgan fingerprint density at radius 1 is 0.840 bits per heavy atom. The minimum absolute atomic E-state index is 0.0120. The first-order chi connectivity index (χ1) is 12.2. The fourth-order valence-corrected chi connectivity index (χ4v) is 2.24. The standard InChI is InChI=1S/C19H16N4O2/c24-23(25)19-9-5-4-8-18(19)22-20-14-15-10-12-17(13-11-15)21-16-6-2-1-3-7-16/h1-14,21-22H/b20-14-. The van der Waals surface area contributed by atoms with Gasteiger partial charge in [-0.3, -0.25) is 15.5 Å². The summed E-state index contributed by atoms with van der Waals surface area (Å²) in [5.41, 5.74) is 5.91. The Morgan fingerprint density at radius 2 is 1.48 bits per heavy atom. The lowest BCUT2D eigenvalue weighted by atomic mass is 10.2. The number of anilines is 3. The molecule has 0 aliphatic rings. The van der Waals surface area contributed by atoms with Gasteiger partial charge in [0, 0.05) is 17.4 Å². The van der Waals surface area contributed by atoms with Crippen molar-refractivity contribution in [3.05, 3.63) is 94.5 Å². The first kappa shape index (κ1) is 16.2. The first-order valence-corrected chi connectivity index (χ1v) is 7.67. The van der Waals surface area contributed by atoms with Gasteiger partial charge < -0.3 is 5.32 Å². The Labute approximate surface area is 145 Å². The molecule has 3 rings (SSSR count). The summed E-state index contributed by atoms with van der Waals surface area (Å²) < 4.78 is 0. The van der Waals surface area contributed by atoms with E-state index in [1.54, 1.807) is 24.4 Å². The Hall–Kier alpha value is -3.67. The molecule has 0 radical (unpaired) electrons. The van der Waals surface area contributed by atoms with Crippen LogP contribution in [0.5, 0.6) is 0 Å². The average molecular weight is 332 g/mol. The number of hydrogen-bond acceptors (Lipinski definition) is 5. The van der Waals surface area contributed by atoms with E-state index in [0.29, 0.717) is 5.69 Å². The molecule has 0 fully saturated rings. The number of benzene rings is 3. The molecular formula is C19H16N4O2. The lowest BCUT2D eigenvalue weighted by Gasteiger charge is -2.06. The summed E-state index contributed by atoms with van der Waals surface area (Å²) in [6.07, 6.45) is 1.61. The number of nitrogens with zero attached hydrogens (tertiary/aromatic N) is 2. The molecule has 3 aromatic carbocycles. The molecule has 6 nitrogen and oxygen atoms in total. The SMILES string of the molecule is O=[N+]([O-])c1ccccc1N/N=C\c1ccc(Nc2ccccc2)cc1. The molecule has 0 bridgehead atoms. The molecule has 0 aliphatic carbocycles. The van der Waals surface area contributed by atoms with E-state index in [4.69, 9.17) is 0 Å². The predicted molar refractivity (Wildman–Crippen MR) is 100 cm³/mol. The van der Waals surface area contributed by atoms with Gasteiger partial charge in [0.15, 0.2) is 0 Å². The maximum absolute atomic E-state index is 10.9. The van der Waals surface area contributed by atoms with Crippen LogP contribution in [0, 0.1) is 10.1 Å². The molecule has 0 aromatic heterocycles. The summed E-state index contributed by atoms with van der Waals surface area (Å²) in [6, 6.07) is 24.0. The normalized spacial score (nSPS) is 10.6. The van der Waals surface area contributed by atoms with Crippen LogP contribution in [0.2, 0.25) is 0 Å². The van der Waals surface area contributed by atoms with Crippen LogP contribution in [0.1, 0.15) is 5.56 Å². The zero-order valence-corrected chi connectivity index (χ0v) is 13.3. The van der Waals surface area contributed by atoms with Gasteiger partial charge in [-0.1, -0.05) is 42.5 Å². The molecule has 0 unspecified atom stereocenters. The number of nitro groups is 1. The monoisotopic (exact) mass is 332 g/mol. The highest BCUT2D eigenvalue weighted by Crippen LogP contribution is 2.23. The Morgan fingerprint density at radius 3 is 2.20 bits per heavy atom. The molecule has 0 saturated carbocycles. The van der Waals surface area contributed by atoms with Crippen LogP contribution in [0.4, 0.5) is 22.7 Å². The van der Waals surface area contributed by atoms with Crippen LogP contribution < -0.4 is 10.7 Å². The second-order valence-electron chi connectivity index (χ2n) is 5.26. The number of nitrogens with one attached hydrogen (secondary N) is 2. The van der Waals surface area contributed by atoms with Crippen molar-refractivity contribution in [3.63, 3.8) is 0 Å². The smallest absolute Gasteiger partial charge is 0.294 e. The minimum Gasteiger partial charge on any atom is -0.356 e. The van der Waals surface area contributed by atoms with E-state index in [2.05, 4.69) is 15.8 Å². The summed E-state index contributed by atoms with van der Waals surface area (Å²) in [6.45, 7) is 0. The molecule has 0 atom stereocenters. The molecule has 2 N–H and O–H groups in total. The second kappa shape index (κ2) is 7.74. The van der Waals surface area contributed by atoms with Crippen molar-refractivity contribution in [1.29, 1.82) is 0 Å². The third-order valence-electron chi connectivity index (χ3n) is 3.47. The zero-order chi connectivity index (χ0) is 17.5. The van der Waals surface area contributed by atoms with Crippen LogP contribution in [0.15, 0.2) is 84.0 Å². The van der Waals surface area contributed by atoms with Crippen molar-refractivity contribution in [2.45, 2.75) is 0 Å². The fraction of sp³-hybridized carbons (Fsp3) is 0. The Kier molecular flexibility index (Phi) is 5.01. The summed E-state index contributed by atoms with van der Waals surface area (Å²) in [5.74, 6) is 0. The third-order valence-corrected chi connectivity index (χ3v) is 3.47. The number of nitro benzene ring substituents is 1. The highest BCUT2D eigenvalue weighted by molar-refractivity contribution is 5.81. The quantitative estimate of drug-likeness (QED) is 0.386. The molecule has 0 heterocycles. The highest BCUT2D eigenvalue weighted by atomic mass is 16.6. The van der Waals surface area contributed by atoms with Crippen LogP contribution in [-0.2, 0) is 0 Å². The van der Waals surface area contributed by atoms with Gasteiger partial charge in [-0.05, 0) is 35.9 Å². The zero-order valence-electron chi connectivity index (χ0n) is 13.3. The topological polar surface area (TPSA) is 79.6 Å². The predicted octanol–water partition coefficient (Wildman–Crippen LogP) is 4.78. The van der Waals surface area contributed by atoms with E-state index in [9.17, 15) is 10.1 Å². The minimum atomic E-state index is -0.443. The summed E-state index contributed by atoms with van der Waals surface area (Å²) >= 11 is 0. The van der Waals surface area contributed by atoms with Crippen LogP contribution >= 0.6 is 0 Å². The van der Waals surface area contributed by atoms with Gasteiger partial charge in [0.2, 0.25) is 0 Å². The van der Waals surface area contributed by atoms with Gasteiger partial charge in [0.05, 0.1) is 11.1 Å². The van der Waals surface area contributed by atoms with E-state index in [0.717, 1.165) is 16.9 Å². The molecule has 0 amide bonds. The molecule has 0 aliphatic heterocycles. The fourth-order valence-electron chi connectivity index (χ4n) is 2.24. The van der Waals surface area contributed by atoms with Gasteiger partial charge in [-0.2, -0.15) is 5.10 Å². The number of para-hydroxylation sites is 3. The van der Waals surface area contributed by atoms with Crippen molar-refractivity contribution >= 4 is 29.0 Å². The van der Waals surface area contributed by atoms with Crippen LogP contribution in [0.25, 0.3) is 0 Å².